The molecule has 0 fully saturated rings. The molecule has 0 aliphatic rings. The molecule has 19 heavy (non-hydrogen) atoms. The lowest BCUT2D eigenvalue weighted by Gasteiger charge is -2.06. The molecule has 96 valence electrons. The van der Waals surface area contributed by atoms with Crippen molar-refractivity contribution < 1.29 is 0 Å². The lowest BCUT2D eigenvalue weighted by atomic mass is 10.3. The van der Waals surface area contributed by atoms with E-state index in [9.17, 15) is 0 Å². The lowest BCUT2D eigenvalue weighted by molar-refractivity contribution is 0.894. The molecular formula is C12H9ClN4S2. The Morgan fingerprint density at radius 3 is 2.84 bits per heavy atom. The molecule has 2 heterocycles. The van der Waals surface area contributed by atoms with Crippen LogP contribution in [-0.2, 0) is 5.75 Å². The standard InChI is InChI=1S/C12H9ClN4S2/c13-11-10(15-16-19-11)8-18-12-14-6-7-17(12)9-4-2-1-3-5-9/h1-7H,8H2. The van der Waals surface area contributed by atoms with Crippen molar-refractivity contribution in [1.29, 1.82) is 0 Å². The fourth-order valence-electron chi connectivity index (χ4n) is 1.60. The first-order chi connectivity index (χ1) is 9.34. The van der Waals surface area contributed by atoms with Crippen LogP contribution in [0.1, 0.15) is 5.69 Å². The Morgan fingerprint density at radius 1 is 1.26 bits per heavy atom. The molecule has 0 saturated carbocycles. The SMILES string of the molecule is Clc1snnc1CSc1nccn1-c1ccccc1. The summed E-state index contributed by atoms with van der Waals surface area (Å²) in [6.45, 7) is 0. The summed E-state index contributed by atoms with van der Waals surface area (Å²) in [5.41, 5.74) is 1.89. The predicted molar refractivity (Wildman–Crippen MR) is 78.0 cm³/mol. The number of halogens is 1. The first-order valence-corrected chi connectivity index (χ1v) is 7.66. The van der Waals surface area contributed by atoms with Gasteiger partial charge in [-0.05, 0) is 12.1 Å². The molecule has 0 amide bonds. The van der Waals surface area contributed by atoms with E-state index in [0.717, 1.165) is 16.5 Å². The van der Waals surface area contributed by atoms with Gasteiger partial charge in [0, 0.05) is 35.4 Å². The molecule has 0 atom stereocenters. The number of imidazole rings is 1. The van der Waals surface area contributed by atoms with E-state index >= 15 is 0 Å². The average molecular weight is 309 g/mol. The molecule has 0 radical (unpaired) electrons. The predicted octanol–water partition coefficient (Wildman–Crippen LogP) is 3.67. The van der Waals surface area contributed by atoms with E-state index in [2.05, 4.69) is 14.6 Å². The first kappa shape index (κ1) is 12.7. The van der Waals surface area contributed by atoms with Gasteiger partial charge in [-0.1, -0.05) is 46.1 Å². The summed E-state index contributed by atoms with van der Waals surface area (Å²) < 4.78 is 6.51. The molecule has 4 nitrogen and oxygen atoms in total. The zero-order valence-electron chi connectivity index (χ0n) is 9.73. The normalized spacial score (nSPS) is 10.8. The minimum atomic E-state index is 0.644. The highest BCUT2D eigenvalue weighted by atomic mass is 35.5. The molecular weight excluding hydrogens is 300 g/mol. The van der Waals surface area contributed by atoms with Crippen LogP contribution in [0.15, 0.2) is 47.9 Å². The van der Waals surface area contributed by atoms with Crippen LogP contribution in [0.25, 0.3) is 5.69 Å². The van der Waals surface area contributed by atoms with E-state index in [1.165, 1.54) is 11.5 Å². The number of thioether (sulfide) groups is 1. The van der Waals surface area contributed by atoms with Gasteiger partial charge >= 0.3 is 0 Å². The molecule has 2 aromatic heterocycles. The number of hydrogen-bond donors (Lipinski definition) is 0. The molecule has 3 aromatic rings. The van der Waals surface area contributed by atoms with Gasteiger partial charge in [0.2, 0.25) is 0 Å². The number of benzene rings is 1. The van der Waals surface area contributed by atoms with Crippen LogP contribution in [0.5, 0.6) is 0 Å². The van der Waals surface area contributed by atoms with Gasteiger partial charge in [0.05, 0.1) is 0 Å². The molecule has 1 aromatic carbocycles. The van der Waals surface area contributed by atoms with Gasteiger partial charge in [-0.2, -0.15) is 0 Å². The fraction of sp³-hybridized carbons (Fsp3) is 0.0833. The monoisotopic (exact) mass is 308 g/mol. The molecule has 0 aliphatic heterocycles. The van der Waals surface area contributed by atoms with Crippen molar-refractivity contribution in [2.75, 3.05) is 0 Å². The fourth-order valence-corrected chi connectivity index (χ4v) is 3.30. The topological polar surface area (TPSA) is 43.6 Å². The van der Waals surface area contributed by atoms with Crippen molar-refractivity contribution in [1.82, 2.24) is 19.1 Å². The quantitative estimate of drug-likeness (QED) is 0.690. The summed E-state index contributed by atoms with van der Waals surface area (Å²) in [4.78, 5) is 4.36. The second kappa shape index (κ2) is 5.73. The van der Waals surface area contributed by atoms with Crippen molar-refractivity contribution in [3.05, 3.63) is 52.8 Å². The van der Waals surface area contributed by atoms with Gasteiger partial charge in [-0.15, -0.1) is 5.10 Å². The van der Waals surface area contributed by atoms with Crippen LogP contribution in [-0.4, -0.2) is 19.1 Å². The molecule has 0 bridgehead atoms. The third kappa shape index (κ3) is 2.80. The van der Waals surface area contributed by atoms with E-state index < -0.39 is 0 Å². The Balaban J connectivity index is 1.80. The van der Waals surface area contributed by atoms with E-state index in [1.54, 1.807) is 18.0 Å². The number of hydrogen-bond acceptors (Lipinski definition) is 5. The maximum absolute atomic E-state index is 5.99. The van der Waals surface area contributed by atoms with Crippen LogP contribution >= 0.6 is 34.9 Å². The highest BCUT2D eigenvalue weighted by molar-refractivity contribution is 7.98. The van der Waals surface area contributed by atoms with Crippen LogP contribution in [0.2, 0.25) is 4.34 Å². The Kier molecular flexibility index (Phi) is 3.82. The van der Waals surface area contributed by atoms with Gasteiger partial charge in [0.15, 0.2) is 5.16 Å². The van der Waals surface area contributed by atoms with Crippen LogP contribution in [0.3, 0.4) is 0 Å². The zero-order chi connectivity index (χ0) is 13.1. The second-order valence-electron chi connectivity index (χ2n) is 3.70. The van der Waals surface area contributed by atoms with Crippen LogP contribution in [0.4, 0.5) is 0 Å². The average Bonchev–Trinajstić information content (AvgIpc) is 3.06. The summed E-state index contributed by atoms with van der Waals surface area (Å²) >= 11 is 8.79. The Bertz CT molecular complexity index is 665. The third-order valence-corrected chi connectivity index (χ3v) is 4.45. The molecule has 0 N–H and O–H groups in total. The highest BCUT2D eigenvalue weighted by Crippen LogP contribution is 2.27. The van der Waals surface area contributed by atoms with Crippen LogP contribution in [0, 0.1) is 0 Å². The summed E-state index contributed by atoms with van der Waals surface area (Å²) in [5, 5.41) is 4.91. The van der Waals surface area contributed by atoms with Crippen molar-refractivity contribution >= 4 is 34.9 Å². The third-order valence-electron chi connectivity index (χ3n) is 2.49. The number of nitrogens with zero attached hydrogens (tertiary/aromatic N) is 4. The summed E-state index contributed by atoms with van der Waals surface area (Å²) in [6.07, 6.45) is 3.73. The van der Waals surface area contributed by atoms with Crippen molar-refractivity contribution in [2.24, 2.45) is 0 Å². The minimum Gasteiger partial charge on any atom is -0.295 e. The van der Waals surface area contributed by atoms with Crippen molar-refractivity contribution in [3.63, 3.8) is 0 Å². The molecule has 0 spiro atoms. The van der Waals surface area contributed by atoms with E-state index in [0.29, 0.717) is 10.1 Å². The maximum atomic E-state index is 5.99. The van der Waals surface area contributed by atoms with Gasteiger partial charge in [-0.3, -0.25) is 4.57 Å². The van der Waals surface area contributed by atoms with Gasteiger partial charge in [0.25, 0.3) is 0 Å². The smallest absolute Gasteiger partial charge is 0.172 e. The van der Waals surface area contributed by atoms with Gasteiger partial charge < -0.3 is 0 Å². The first-order valence-electron chi connectivity index (χ1n) is 5.53. The summed E-state index contributed by atoms with van der Waals surface area (Å²) in [5.74, 6) is 0.666. The van der Waals surface area contributed by atoms with E-state index in [4.69, 9.17) is 11.6 Å². The maximum Gasteiger partial charge on any atom is 0.172 e. The van der Waals surface area contributed by atoms with Crippen LogP contribution < -0.4 is 0 Å². The molecule has 0 aliphatic carbocycles. The summed E-state index contributed by atoms with van der Waals surface area (Å²) in [6, 6.07) is 10.1. The largest absolute Gasteiger partial charge is 0.295 e. The van der Waals surface area contributed by atoms with E-state index in [-0.39, 0.29) is 0 Å². The van der Waals surface area contributed by atoms with E-state index in [1.807, 2.05) is 41.1 Å². The zero-order valence-corrected chi connectivity index (χ0v) is 12.1. The Hall–Kier alpha value is -1.37. The Labute approximate surface area is 123 Å². The van der Waals surface area contributed by atoms with Crippen molar-refractivity contribution in [3.8, 4) is 5.69 Å². The number of rotatable bonds is 4. The Morgan fingerprint density at radius 2 is 2.11 bits per heavy atom. The van der Waals surface area contributed by atoms with Gasteiger partial charge in [0.1, 0.15) is 10.0 Å². The minimum absolute atomic E-state index is 0.644. The highest BCUT2D eigenvalue weighted by Gasteiger charge is 2.10. The number of aromatic nitrogens is 4. The summed E-state index contributed by atoms with van der Waals surface area (Å²) in [7, 11) is 0. The molecule has 3 rings (SSSR count). The molecule has 7 heteroatoms. The van der Waals surface area contributed by atoms with Crippen molar-refractivity contribution in [2.45, 2.75) is 10.9 Å². The molecule has 0 saturated heterocycles. The van der Waals surface area contributed by atoms with Gasteiger partial charge in [-0.25, -0.2) is 4.98 Å². The second-order valence-corrected chi connectivity index (χ2v) is 6.00. The number of para-hydroxylation sites is 1. The molecule has 0 unspecified atom stereocenters. The lowest BCUT2D eigenvalue weighted by Crippen LogP contribution is -1.95.